The van der Waals surface area contributed by atoms with Crippen molar-refractivity contribution in [2.45, 2.75) is 12.8 Å². The number of rotatable bonds is 6. The number of ether oxygens (including phenoxy) is 2. The molecule has 1 aliphatic heterocycles. The fraction of sp³-hybridized carbons (Fsp3) is 0.467. The number of hydrogen-bond donors (Lipinski definition) is 2. The molecule has 0 unspecified atom stereocenters. The molecule has 8 heteroatoms. The van der Waals surface area contributed by atoms with E-state index in [-0.39, 0.29) is 13.2 Å². The molecule has 0 radical (unpaired) electrons. The van der Waals surface area contributed by atoms with Gasteiger partial charge < -0.3 is 19.9 Å². The Balaban J connectivity index is 1.87. The zero-order valence-corrected chi connectivity index (χ0v) is 13.8. The fourth-order valence-corrected chi connectivity index (χ4v) is 2.61. The van der Waals surface area contributed by atoms with E-state index in [1.165, 1.54) is 6.07 Å². The molecule has 2 rings (SSSR count). The van der Waals surface area contributed by atoms with Gasteiger partial charge in [0.2, 0.25) is 0 Å². The second-order valence-corrected chi connectivity index (χ2v) is 6.18. The number of benzene rings is 1. The second kappa shape index (κ2) is 7.86. The maximum atomic E-state index is 11.9. The highest BCUT2D eigenvalue weighted by atomic mass is 35.5. The van der Waals surface area contributed by atoms with Crippen molar-refractivity contribution in [3.05, 3.63) is 28.2 Å². The molecule has 6 nitrogen and oxygen atoms in total. The van der Waals surface area contributed by atoms with E-state index in [1.54, 1.807) is 12.1 Å². The first-order valence-electron chi connectivity index (χ1n) is 7.09. The van der Waals surface area contributed by atoms with Gasteiger partial charge in [-0.1, -0.05) is 23.2 Å². The van der Waals surface area contributed by atoms with Crippen LogP contribution in [0.2, 0.25) is 10.0 Å². The standard InChI is InChI=1S/C15H17Cl2NO5/c16-10-1-2-11(17)12(7-10)23-8-13(19)18-9-15(14(20)21)3-5-22-6-4-15/h1-2,7H,3-6,8-9H2,(H,18,19)(H,20,21). The zero-order chi connectivity index (χ0) is 16.9. The average Bonchev–Trinajstić information content (AvgIpc) is 2.54. The molecule has 1 amide bonds. The Morgan fingerprint density at radius 2 is 2.00 bits per heavy atom. The number of nitrogens with one attached hydrogen (secondary N) is 1. The van der Waals surface area contributed by atoms with Gasteiger partial charge in [0.05, 0.1) is 10.4 Å². The maximum absolute atomic E-state index is 11.9. The van der Waals surface area contributed by atoms with Crippen LogP contribution in [0.1, 0.15) is 12.8 Å². The Hall–Kier alpha value is -1.50. The summed E-state index contributed by atoms with van der Waals surface area (Å²) < 4.78 is 10.5. The number of halogens is 2. The minimum Gasteiger partial charge on any atom is -0.482 e. The molecule has 0 aliphatic carbocycles. The first kappa shape index (κ1) is 17.8. The van der Waals surface area contributed by atoms with E-state index in [0.717, 1.165) is 0 Å². The molecule has 0 saturated carbocycles. The normalized spacial score (nSPS) is 16.6. The Kier molecular flexibility index (Phi) is 6.10. The Morgan fingerprint density at radius 3 is 2.65 bits per heavy atom. The summed E-state index contributed by atoms with van der Waals surface area (Å²) in [5, 5.41) is 12.8. The van der Waals surface area contributed by atoms with Crippen LogP contribution in [0.3, 0.4) is 0 Å². The molecule has 1 saturated heterocycles. The van der Waals surface area contributed by atoms with Crippen molar-refractivity contribution in [2.24, 2.45) is 5.41 Å². The predicted molar refractivity (Wildman–Crippen MR) is 85.1 cm³/mol. The minimum absolute atomic E-state index is 0.0389. The van der Waals surface area contributed by atoms with Crippen molar-refractivity contribution in [3.63, 3.8) is 0 Å². The van der Waals surface area contributed by atoms with Crippen LogP contribution in [0.25, 0.3) is 0 Å². The van der Waals surface area contributed by atoms with Crippen molar-refractivity contribution < 1.29 is 24.2 Å². The van der Waals surface area contributed by atoms with Gasteiger partial charge in [-0.2, -0.15) is 0 Å². The van der Waals surface area contributed by atoms with Crippen molar-refractivity contribution in [2.75, 3.05) is 26.4 Å². The van der Waals surface area contributed by atoms with Crippen LogP contribution in [0.5, 0.6) is 5.75 Å². The van der Waals surface area contributed by atoms with Gasteiger partial charge in [-0.05, 0) is 25.0 Å². The molecule has 1 aromatic rings. The SMILES string of the molecule is O=C(COc1cc(Cl)ccc1Cl)NCC1(C(=O)O)CCOCC1. The highest BCUT2D eigenvalue weighted by molar-refractivity contribution is 6.34. The summed E-state index contributed by atoms with van der Waals surface area (Å²) in [6.45, 7) is 0.511. The molecule has 1 heterocycles. The fourth-order valence-electron chi connectivity index (χ4n) is 2.28. The van der Waals surface area contributed by atoms with E-state index in [9.17, 15) is 14.7 Å². The molecule has 0 spiro atoms. The van der Waals surface area contributed by atoms with Crippen molar-refractivity contribution in [1.82, 2.24) is 5.32 Å². The Morgan fingerprint density at radius 1 is 1.30 bits per heavy atom. The predicted octanol–water partition coefficient (Wildman–Crippen LogP) is 2.37. The van der Waals surface area contributed by atoms with E-state index in [4.69, 9.17) is 32.7 Å². The number of carboxylic acid groups (broad SMARTS) is 1. The molecule has 126 valence electrons. The second-order valence-electron chi connectivity index (χ2n) is 5.34. The van der Waals surface area contributed by atoms with Crippen LogP contribution >= 0.6 is 23.2 Å². The molecule has 1 fully saturated rings. The van der Waals surface area contributed by atoms with Crippen LogP contribution in [-0.2, 0) is 14.3 Å². The molecule has 0 aromatic heterocycles. The van der Waals surface area contributed by atoms with E-state index < -0.39 is 17.3 Å². The van der Waals surface area contributed by atoms with Crippen molar-refractivity contribution in [1.29, 1.82) is 0 Å². The van der Waals surface area contributed by atoms with Gasteiger partial charge in [0.1, 0.15) is 5.75 Å². The van der Waals surface area contributed by atoms with E-state index in [2.05, 4.69) is 5.32 Å². The van der Waals surface area contributed by atoms with Crippen LogP contribution in [0, 0.1) is 5.41 Å². The smallest absolute Gasteiger partial charge is 0.311 e. The highest BCUT2D eigenvalue weighted by Crippen LogP contribution is 2.30. The lowest BCUT2D eigenvalue weighted by Gasteiger charge is -2.33. The molecule has 1 aromatic carbocycles. The quantitative estimate of drug-likeness (QED) is 0.812. The van der Waals surface area contributed by atoms with Crippen molar-refractivity contribution >= 4 is 35.1 Å². The number of carboxylic acids is 1. The van der Waals surface area contributed by atoms with E-state index >= 15 is 0 Å². The van der Waals surface area contributed by atoms with Gasteiger partial charge >= 0.3 is 5.97 Å². The number of carbonyl (C=O) groups excluding carboxylic acids is 1. The van der Waals surface area contributed by atoms with Crippen LogP contribution in [0.15, 0.2) is 18.2 Å². The highest BCUT2D eigenvalue weighted by Gasteiger charge is 2.40. The zero-order valence-electron chi connectivity index (χ0n) is 12.3. The summed E-state index contributed by atoms with van der Waals surface area (Å²) in [5.74, 6) is -1.05. The van der Waals surface area contributed by atoms with Crippen LogP contribution < -0.4 is 10.1 Å². The summed E-state index contributed by atoms with van der Waals surface area (Å²) in [4.78, 5) is 23.4. The van der Waals surface area contributed by atoms with E-state index in [1.807, 2.05) is 0 Å². The molecule has 0 atom stereocenters. The topological polar surface area (TPSA) is 84.9 Å². The Bertz CT molecular complexity index is 587. The minimum atomic E-state index is -0.985. The molecule has 0 bridgehead atoms. The van der Waals surface area contributed by atoms with Gasteiger partial charge in [-0.3, -0.25) is 9.59 Å². The monoisotopic (exact) mass is 361 g/mol. The largest absolute Gasteiger partial charge is 0.482 e. The van der Waals surface area contributed by atoms with Crippen LogP contribution in [-0.4, -0.2) is 43.3 Å². The van der Waals surface area contributed by atoms with Gasteiger partial charge in [0.15, 0.2) is 6.61 Å². The average molecular weight is 362 g/mol. The van der Waals surface area contributed by atoms with Gasteiger partial charge in [-0.25, -0.2) is 0 Å². The number of hydrogen-bond acceptors (Lipinski definition) is 4. The third kappa shape index (κ3) is 4.73. The van der Waals surface area contributed by atoms with Gasteiger partial charge in [0, 0.05) is 30.8 Å². The molecule has 23 heavy (non-hydrogen) atoms. The van der Waals surface area contributed by atoms with E-state index in [0.29, 0.717) is 41.9 Å². The summed E-state index contributed by atoms with van der Waals surface area (Å²) in [6.07, 6.45) is 0.729. The lowest BCUT2D eigenvalue weighted by molar-refractivity contribution is -0.154. The number of carbonyl (C=O) groups is 2. The summed E-state index contributed by atoms with van der Waals surface area (Å²) in [5.41, 5.74) is -0.985. The first-order valence-corrected chi connectivity index (χ1v) is 7.84. The van der Waals surface area contributed by atoms with Crippen molar-refractivity contribution in [3.8, 4) is 5.75 Å². The molecular formula is C15H17Cl2NO5. The van der Waals surface area contributed by atoms with Gasteiger partial charge in [-0.15, -0.1) is 0 Å². The lowest BCUT2D eigenvalue weighted by Crippen LogP contribution is -2.47. The number of aliphatic carboxylic acids is 1. The number of amides is 1. The van der Waals surface area contributed by atoms with Crippen LogP contribution in [0.4, 0.5) is 0 Å². The lowest BCUT2D eigenvalue weighted by atomic mass is 9.80. The summed E-state index contributed by atoms with van der Waals surface area (Å²) >= 11 is 11.8. The third-order valence-corrected chi connectivity index (χ3v) is 4.33. The summed E-state index contributed by atoms with van der Waals surface area (Å²) in [6, 6.07) is 4.69. The molecule has 1 aliphatic rings. The first-order chi connectivity index (χ1) is 10.9. The summed E-state index contributed by atoms with van der Waals surface area (Å²) in [7, 11) is 0. The third-order valence-electron chi connectivity index (χ3n) is 3.78. The molecular weight excluding hydrogens is 345 g/mol. The maximum Gasteiger partial charge on any atom is 0.311 e. The van der Waals surface area contributed by atoms with Gasteiger partial charge in [0.25, 0.3) is 5.91 Å². The molecule has 2 N–H and O–H groups in total. The Labute approximate surface area is 143 Å².